The average molecular weight is 458 g/mol. The summed E-state index contributed by atoms with van der Waals surface area (Å²) in [5.74, 6) is -2.60. The molecule has 10 nitrogen and oxygen atoms in total. The van der Waals surface area contributed by atoms with Crippen LogP contribution in [0.2, 0.25) is 0 Å². The molecule has 0 saturated carbocycles. The molecule has 2 unspecified atom stereocenters. The first-order chi connectivity index (χ1) is 16.0. The second-order valence-electron chi connectivity index (χ2n) is 7.56. The highest BCUT2D eigenvalue weighted by Crippen LogP contribution is 2.30. The molecule has 0 aliphatic carbocycles. The van der Waals surface area contributed by atoms with Crippen LogP contribution in [0.3, 0.4) is 0 Å². The highest BCUT2D eigenvalue weighted by atomic mass is 19.1. The van der Waals surface area contributed by atoms with E-state index < -0.39 is 17.5 Å². The molecule has 4 aromatic rings. The molecule has 0 bridgehead atoms. The van der Waals surface area contributed by atoms with Crippen LogP contribution >= 0.6 is 0 Å². The predicted octanol–water partition coefficient (Wildman–Crippen LogP) is 2.16. The first-order valence-electron chi connectivity index (χ1n) is 9.98. The van der Waals surface area contributed by atoms with E-state index in [0.29, 0.717) is 12.0 Å². The lowest BCUT2D eigenvalue weighted by molar-refractivity contribution is 0.0558. The van der Waals surface area contributed by atoms with Crippen molar-refractivity contribution >= 4 is 22.6 Å². The molecular weight excluding hydrogens is 441 g/mol. The fourth-order valence-corrected chi connectivity index (χ4v) is 3.74. The molecule has 13 heteroatoms. The number of benzene rings is 1. The Kier molecular flexibility index (Phi) is 5.38. The van der Waals surface area contributed by atoms with Crippen molar-refractivity contribution in [1.82, 2.24) is 35.7 Å². The molecular formula is C20H17F3N8O2. The van der Waals surface area contributed by atoms with Gasteiger partial charge >= 0.3 is 0 Å². The van der Waals surface area contributed by atoms with Gasteiger partial charge in [-0.15, -0.1) is 5.10 Å². The van der Waals surface area contributed by atoms with E-state index in [2.05, 4.69) is 41.0 Å². The zero-order chi connectivity index (χ0) is 22.9. The molecule has 33 heavy (non-hydrogen) atoms. The summed E-state index contributed by atoms with van der Waals surface area (Å²) >= 11 is 0. The number of nitrogens with zero attached hydrogens (tertiary/aromatic N) is 4. The monoisotopic (exact) mass is 458 g/mol. The number of halogens is 3. The van der Waals surface area contributed by atoms with Gasteiger partial charge in [0.1, 0.15) is 17.3 Å². The molecule has 1 aliphatic rings. The van der Waals surface area contributed by atoms with Gasteiger partial charge in [-0.1, -0.05) is 5.21 Å². The largest absolute Gasteiger partial charge is 0.377 e. The molecule has 1 aromatic carbocycles. The van der Waals surface area contributed by atoms with Crippen LogP contribution in [-0.2, 0) is 4.74 Å². The lowest BCUT2D eigenvalue weighted by Gasteiger charge is -2.30. The van der Waals surface area contributed by atoms with Gasteiger partial charge in [-0.05, 0) is 12.5 Å². The second kappa shape index (κ2) is 8.50. The van der Waals surface area contributed by atoms with Crippen molar-refractivity contribution < 1.29 is 22.7 Å². The van der Waals surface area contributed by atoms with E-state index in [4.69, 9.17) is 4.74 Å². The van der Waals surface area contributed by atoms with Crippen molar-refractivity contribution in [2.45, 2.75) is 18.5 Å². The number of anilines is 1. The van der Waals surface area contributed by atoms with Crippen LogP contribution in [-0.4, -0.2) is 61.6 Å². The second-order valence-corrected chi connectivity index (χ2v) is 7.56. The van der Waals surface area contributed by atoms with Crippen LogP contribution in [0.25, 0.3) is 22.3 Å². The summed E-state index contributed by atoms with van der Waals surface area (Å²) in [5, 5.41) is 15.5. The molecule has 4 heterocycles. The van der Waals surface area contributed by atoms with Crippen LogP contribution in [0.1, 0.15) is 16.9 Å². The van der Waals surface area contributed by atoms with Crippen LogP contribution in [0.4, 0.5) is 19.0 Å². The maximum Gasteiger partial charge on any atom is 0.271 e. The predicted molar refractivity (Wildman–Crippen MR) is 110 cm³/mol. The SMILES string of the molecule is O=C(NC1COCC(Nc2nc(-c3c[nH]c4c(F)cc(F)cc34)ncc2F)C1)c1cnn[nH]1. The van der Waals surface area contributed by atoms with Crippen LogP contribution in [0, 0.1) is 17.5 Å². The summed E-state index contributed by atoms with van der Waals surface area (Å²) in [6.45, 7) is 0.551. The van der Waals surface area contributed by atoms with Gasteiger partial charge < -0.3 is 20.4 Å². The van der Waals surface area contributed by atoms with Crippen molar-refractivity contribution in [3.63, 3.8) is 0 Å². The Morgan fingerprint density at radius 2 is 1.97 bits per heavy atom. The smallest absolute Gasteiger partial charge is 0.271 e. The molecule has 0 spiro atoms. The third-order valence-corrected chi connectivity index (χ3v) is 5.23. The zero-order valence-corrected chi connectivity index (χ0v) is 16.9. The Labute approximate surface area is 184 Å². The molecule has 1 saturated heterocycles. The number of carbonyl (C=O) groups is 1. The Morgan fingerprint density at radius 1 is 1.12 bits per heavy atom. The van der Waals surface area contributed by atoms with Gasteiger partial charge in [0.05, 0.1) is 43.2 Å². The van der Waals surface area contributed by atoms with Crippen molar-refractivity contribution in [2.75, 3.05) is 18.5 Å². The Balaban J connectivity index is 1.34. The van der Waals surface area contributed by atoms with Crippen molar-refractivity contribution in [3.05, 3.63) is 53.9 Å². The molecule has 1 aliphatic heterocycles. The minimum Gasteiger partial charge on any atom is -0.377 e. The highest BCUT2D eigenvalue weighted by Gasteiger charge is 2.26. The molecule has 5 rings (SSSR count). The lowest BCUT2D eigenvalue weighted by atomic mass is 10.1. The first-order valence-corrected chi connectivity index (χ1v) is 9.98. The van der Waals surface area contributed by atoms with Gasteiger partial charge in [0, 0.05) is 23.2 Å². The van der Waals surface area contributed by atoms with Gasteiger partial charge in [-0.25, -0.2) is 23.1 Å². The number of rotatable bonds is 5. The average Bonchev–Trinajstić information content (AvgIpc) is 3.46. The van der Waals surface area contributed by atoms with Crippen molar-refractivity contribution in [1.29, 1.82) is 0 Å². The quantitative estimate of drug-likeness (QED) is 0.360. The standard InChI is InChI=1S/C20H17F3N8O2/c21-9-1-12-13(4-24-17(12)14(22)2-9)18-25-5-15(23)19(29-18)27-10-3-11(8-33-7-10)28-20(32)16-6-26-31-30-16/h1-2,4-6,10-11,24H,3,7-8H2,(H,28,32)(H,25,27,29)(H,26,30,31). The summed E-state index contributed by atoms with van der Waals surface area (Å²) in [6, 6.07) is 1.22. The minimum atomic E-state index is -0.755. The third kappa shape index (κ3) is 4.22. The number of H-pyrrole nitrogens is 2. The normalized spacial score (nSPS) is 18.4. The van der Waals surface area contributed by atoms with Crippen LogP contribution in [0.15, 0.2) is 30.7 Å². The fraction of sp³-hybridized carbons (Fsp3) is 0.250. The van der Waals surface area contributed by atoms with Crippen molar-refractivity contribution in [3.8, 4) is 11.4 Å². The maximum atomic E-state index is 14.5. The highest BCUT2D eigenvalue weighted by molar-refractivity contribution is 5.94. The maximum absolute atomic E-state index is 14.5. The van der Waals surface area contributed by atoms with E-state index in [9.17, 15) is 18.0 Å². The van der Waals surface area contributed by atoms with Crippen LogP contribution in [0.5, 0.6) is 0 Å². The van der Waals surface area contributed by atoms with E-state index in [-0.39, 0.29) is 59.4 Å². The third-order valence-electron chi connectivity index (χ3n) is 5.23. The summed E-state index contributed by atoms with van der Waals surface area (Å²) in [6.07, 6.45) is 4.15. The number of ether oxygens (including phenoxy) is 1. The topological polar surface area (TPSA) is 134 Å². The van der Waals surface area contributed by atoms with E-state index in [1.165, 1.54) is 12.4 Å². The van der Waals surface area contributed by atoms with E-state index in [1.54, 1.807) is 0 Å². The van der Waals surface area contributed by atoms with Gasteiger partial charge in [0.25, 0.3) is 5.91 Å². The van der Waals surface area contributed by atoms with Crippen molar-refractivity contribution in [2.24, 2.45) is 0 Å². The molecule has 2 atom stereocenters. The number of aromatic nitrogens is 6. The molecule has 1 fully saturated rings. The van der Waals surface area contributed by atoms with Gasteiger partial charge in [-0.3, -0.25) is 9.89 Å². The lowest BCUT2D eigenvalue weighted by Crippen LogP contribution is -2.47. The summed E-state index contributed by atoms with van der Waals surface area (Å²) < 4.78 is 47.7. The Bertz CT molecular complexity index is 1310. The number of fused-ring (bicyclic) bond motifs is 1. The Hall–Kier alpha value is -4.00. The molecule has 0 radical (unpaired) electrons. The molecule has 170 valence electrons. The Morgan fingerprint density at radius 3 is 2.79 bits per heavy atom. The molecule has 3 aromatic heterocycles. The zero-order valence-electron chi connectivity index (χ0n) is 16.9. The van der Waals surface area contributed by atoms with E-state index in [0.717, 1.165) is 18.3 Å². The van der Waals surface area contributed by atoms with Crippen LogP contribution < -0.4 is 10.6 Å². The minimum absolute atomic E-state index is 0.0866. The number of nitrogens with one attached hydrogen (secondary N) is 4. The number of aromatic amines is 2. The van der Waals surface area contributed by atoms with E-state index >= 15 is 0 Å². The molecule has 1 amide bonds. The van der Waals surface area contributed by atoms with Gasteiger partial charge in [0.15, 0.2) is 17.5 Å². The molecule has 4 N–H and O–H groups in total. The number of hydrogen-bond acceptors (Lipinski definition) is 7. The number of hydrogen-bond donors (Lipinski definition) is 4. The first kappa shape index (κ1) is 20.9. The van der Waals surface area contributed by atoms with E-state index in [1.807, 2.05) is 0 Å². The van der Waals surface area contributed by atoms with Gasteiger partial charge in [-0.2, -0.15) is 0 Å². The number of carbonyl (C=O) groups excluding carboxylic acids is 1. The number of amides is 1. The van der Waals surface area contributed by atoms with Gasteiger partial charge in [0.2, 0.25) is 0 Å². The summed E-state index contributed by atoms with van der Waals surface area (Å²) in [7, 11) is 0. The summed E-state index contributed by atoms with van der Waals surface area (Å²) in [5.41, 5.74) is 0.633. The fourth-order valence-electron chi connectivity index (χ4n) is 3.74. The summed E-state index contributed by atoms with van der Waals surface area (Å²) in [4.78, 5) is 23.1.